The molecule has 0 spiro atoms. The van der Waals surface area contributed by atoms with Crippen LogP contribution in [0.5, 0.6) is 0 Å². The monoisotopic (exact) mass is 157 g/mol. The van der Waals surface area contributed by atoms with E-state index in [1.807, 2.05) is 6.92 Å². The molecule has 1 heterocycles. The highest BCUT2D eigenvalue weighted by Gasteiger charge is 2.03. The van der Waals surface area contributed by atoms with E-state index in [0.29, 0.717) is 19.0 Å². The predicted molar refractivity (Wildman–Crippen MR) is 39.2 cm³/mol. The Labute approximate surface area is 64.0 Å². The van der Waals surface area contributed by atoms with E-state index in [1.54, 1.807) is 7.11 Å². The molecule has 5 heteroatoms. The molecule has 0 unspecified atom stereocenters. The summed E-state index contributed by atoms with van der Waals surface area (Å²) in [6, 6.07) is 0. The molecule has 5 nitrogen and oxygen atoms in total. The molecule has 0 bridgehead atoms. The van der Waals surface area contributed by atoms with E-state index in [-0.39, 0.29) is 5.69 Å². The third kappa shape index (κ3) is 1.48. The van der Waals surface area contributed by atoms with Gasteiger partial charge in [-0.2, -0.15) is 5.10 Å². The fourth-order valence-electron chi connectivity index (χ4n) is 0.916. The molecule has 1 aromatic rings. The number of H-pyrrole nitrogens is 1. The lowest BCUT2D eigenvalue weighted by Gasteiger charge is -1.98. The van der Waals surface area contributed by atoms with Crippen LogP contribution in [0.15, 0.2) is 4.79 Å². The Bertz CT molecular complexity index is 276. The smallest absolute Gasteiger partial charge is 0.343 e. The number of aromatic amines is 1. The lowest BCUT2D eigenvalue weighted by Crippen LogP contribution is -2.17. The Kier molecular flexibility index (Phi) is 2.43. The third-order valence-electron chi connectivity index (χ3n) is 1.43. The molecule has 11 heavy (non-hydrogen) atoms. The number of hydrogen-bond acceptors (Lipinski definition) is 3. The van der Waals surface area contributed by atoms with E-state index in [4.69, 9.17) is 4.74 Å². The van der Waals surface area contributed by atoms with E-state index >= 15 is 0 Å². The third-order valence-corrected chi connectivity index (χ3v) is 1.43. The maximum atomic E-state index is 10.9. The molecule has 0 saturated heterocycles. The standard InChI is InChI=1S/C6H11N3O2/c1-3-9-5(4-11-2)7-8-6(9)10/h3-4H2,1-2H3,(H,8,10). The Balaban J connectivity index is 2.96. The van der Waals surface area contributed by atoms with Crippen molar-refractivity contribution in [2.24, 2.45) is 0 Å². The van der Waals surface area contributed by atoms with E-state index in [0.717, 1.165) is 0 Å². The Morgan fingerprint density at radius 1 is 1.73 bits per heavy atom. The van der Waals surface area contributed by atoms with E-state index in [9.17, 15) is 4.79 Å². The molecule has 0 radical (unpaired) electrons. The number of hydrogen-bond donors (Lipinski definition) is 1. The molecule has 1 rings (SSSR count). The molecule has 0 fully saturated rings. The Morgan fingerprint density at radius 2 is 2.45 bits per heavy atom. The summed E-state index contributed by atoms with van der Waals surface area (Å²) in [5, 5.41) is 6.13. The van der Waals surface area contributed by atoms with Crippen LogP contribution >= 0.6 is 0 Å². The molecule has 0 atom stereocenters. The molecule has 0 aromatic carbocycles. The molecule has 0 aliphatic heterocycles. The quantitative estimate of drug-likeness (QED) is 0.657. The fraction of sp³-hybridized carbons (Fsp3) is 0.667. The minimum atomic E-state index is -0.181. The summed E-state index contributed by atoms with van der Waals surface area (Å²) in [6.45, 7) is 2.87. The summed E-state index contributed by atoms with van der Waals surface area (Å²) < 4.78 is 6.37. The average Bonchev–Trinajstić information content (AvgIpc) is 2.33. The van der Waals surface area contributed by atoms with Crippen LogP contribution in [0.1, 0.15) is 12.7 Å². The number of methoxy groups -OCH3 is 1. The van der Waals surface area contributed by atoms with Gasteiger partial charge in [0.2, 0.25) is 0 Å². The van der Waals surface area contributed by atoms with Crippen LogP contribution in [0.3, 0.4) is 0 Å². The van der Waals surface area contributed by atoms with Gasteiger partial charge in [0.25, 0.3) is 0 Å². The van der Waals surface area contributed by atoms with Crippen LogP contribution in [0, 0.1) is 0 Å². The molecule has 0 aliphatic carbocycles. The summed E-state index contributed by atoms with van der Waals surface area (Å²) in [4.78, 5) is 10.9. The van der Waals surface area contributed by atoms with Gasteiger partial charge in [0.1, 0.15) is 6.61 Å². The maximum absolute atomic E-state index is 10.9. The van der Waals surface area contributed by atoms with E-state index in [1.165, 1.54) is 4.57 Å². The Hall–Kier alpha value is -1.10. The van der Waals surface area contributed by atoms with Crippen molar-refractivity contribution < 1.29 is 4.74 Å². The summed E-state index contributed by atoms with van der Waals surface area (Å²) in [5.74, 6) is 0.639. The largest absolute Gasteiger partial charge is 0.377 e. The van der Waals surface area contributed by atoms with Crippen molar-refractivity contribution >= 4 is 0 Å². The normalized spacial score (nSPS) is 10.4. The minimum absolute atomic E-state index is 0.181. The number of aromatic nitrogens is 3. The van der Waals surface area contributed by atoms with Crippen LogP contribution in [0.2, 0.25) is 0 Å². The van der Waals surface area contributed by atoms with Crippen LogP contribution in [0.25, 0.3) is 0 Å². The van der Waals surface area contributed by atoms with Crippen molar-refractivity contribution in [2.75, 3.05) is 7.11 Å². The highest BCUT2D eigenvalue weighted by atomic mass is 16.5. The van der Waals surface area contributed by atoms with Crippen LogP contribution in [0.4, 0.5) is 0 Å². The van der Waals surface area contributed by atoms with Crippen LogP contribution in [-0.4, -0.2) is 21.9 Å². The first-order valence-electron chi connectivity index (χ1n) is 3.42. The Morgan fingerprint density at radius 3 is 3.00 bits per heavy atom. The van der Waals surface area contributed by atoms with Gasteiger partial charge in [0.05, 0.1) is 0 Å². The molecule has 0 saturated carbocycles. The van der Waals surface area contributed by atoms with Gasteiger partial charge in [-0.25, -0.2) is 9.89 Å². The molecule has 62 valence electrons. The number of rotatable bonds is 3. The number of ether oxygens (including phenoxy) is 1. The zero-order chi connectivity index (χ0) is 8.27. The second-order valence-corrected chi connectivity index (χ2v) is 2.12. The summed E-state index contributed by atoms with van der Waals surface area (Å²) in [5.41, 5.74) is -0.181. The second-order valence-electron chi connectivity index (χ2n) is 2.12. The van der Waals surface area contributed by atoms with Gasteiger partial charge in [-0.3, -0.25) is 4.57 Å². The number of nitrogens with zero attached hydrogens (tertiary/aromatic N) is 2. The van der Waals surface area contributed by atoms with Crippen molar-refractivity contribution in [2.45, 2.75) is 20.1 Å². The van der Waals surface area contributed by atoms with Gasteiger partial charge < -0.3 is 4.74 Å². The van der Waals surface area contributed by atoms with Crippen molar-refractivity contribution in [3.63, 3.8) is 0 Å². The van der Waals surface area contributed by atoms with E-state index in [2.05, 4.69) is 10.2 Å². The first-order chi connectivity index (χ1) is 5.29. The van der Waals surface area contributed by atoms with Gasteiger partial charge >= 0.3 is 5.69 Å². The molecule has 0 amide bonds. The minimum Gasteiger partial charge on any atom is -0.377 e. The highest BCUT2D eigenvalue weighted by molar-refractivity contribution is 4.82. The lowest BCUT2D eigenvalue weighted by molar-refractivity contribution is 0.174. The summed E-state index contributed by atoms with van der Waals surface area (Å²) >= 11 is 0. The zero-order valence-electron chi connectivity index (χ0n) is 6.63. The van der Waals surface area contributed by atoms with Gasteiger partial charge in [-0.05, 0) is 6.92 Å². The molecule has 1 N–H and O–H groups in total. The topological polar surface area (TPSA) is 59.9 Å². The van der Waals surface area contributed by atoms with Crippen molar-refractivity contribution in [3.05, 3.63) is 16.3 Å². The molecular formula is C6H11N3O2. The SMILES string of the molecule is CCn1c(COC)n[nH]c1=O. The van der Waals surface area contributed by atoms with Gasteiger partial charge in [0, 0.05) is 13.7 Å². The van der Waals surface area contributed by atoms with Crippen LogP contribution < -0.4 is 5.69 Å². The van der Waals surface area contributed by atoms with Gasteiger partial charge in [0.15, 0.2) is 5.82 Å². The first-order valence-corrected chi connectivity index (χ1v) is 3.42. The highest BCUT2D eigenvalue weighted by Crippen LogP contribution is 1.91. The average molecular weight is 157 g/mol. The first kappa shape index (κ1) is 8.00. The maximum Gasteiger partial charge on any atom is 0.343 e. The number of nitrogens with one attached hydrogen (secondary N) is 1. The van der Waals surface area contributed by atoms with Gasteiger partial charge in [-0.15, -0.1) is 0 Å². The van der Waals surface area contributed by atoms with E-state index < -0.39 is 0 Å². The lowest BCUT2D eigenvalue weighted by atomic mass is 10.6. The summed E-state index contributed by atoms with van der Waals surface area (Å²) in [7, 11) is 1.57. The fourth-order valence-corrected chi connectivity index (χ4v) is 0.916. The van der Waals surface area contributed by atoms with Crippen molar-refractivity contribution in [3.8, 4) is 0 Å². The van der Waals surface area contributed by atoms with Crippen molar-refractivity contribution in [1.82, 2.24) is 14.8 Å². The molecular weight excluding hydrogens is 146 g/mol. The molecule has 1 aromatic heterocycles. The molecule has 0 aliphatic rings. The van der Waals surface area contributed by atoms with Crippen LogP contribution in [-0.2, 0) is 17.9 Å². The zero-order valence-corrected chi connectivity index (χ0v) is 6.63. The van der Waals surface area contributed by atoms with Crippen molar-refractivity contribution in [1.29, 1.82) is 0 Å². The second kappa shape index (κ2) is 3.34. The summed E-state index contributed by atoms with van der Waals surface area (Å²) in [6.07, 6.45) is 0. The van der Waals surface area contributed by atoms with Gasteiger partial charge in [-0.1, -0.05) is 0 Å². The predicted octanol–water partition coefficient (Wildman–Crippen LogP) is -0.262.